The molecular formula is C14H26F3IN4O2. The molecule has 1 aliphatic rings. The fourth-order valence-electron chi connectivity index (χ4n) is 2.20. The van der Waals surface area contributed by atoms with E-state index >= 15 is 0 Å². The largest absolute Gasteiger partial charge is 0.411 e. The van der Waals surface area contributed by atoms with Crippen molar-refractivity contribution >= 4 is 35.8 Å². The van der Waals surface area contributed by atoms with Gasteiger partial charge in [-0.3, -0.25) is 9.79 Å². The molecule has 1 N–H and O–H groups in total. The standard InChI is InChI=1S/C14H25F3N4O2.HI/c1-3-18-13(19-5-4-10-23-11-14(15,16)17)21-8-6-20(7-9-21)12(2)22;/h3-11H2,1-2H3,(H,18,19);1H. The lowest BCUT2D eigenvalue weighted by Gasteiger charge is -2.36. The highest BCUT2D eigenvalue weighted by molar-refractivity contribution is 14.0. The summed E-state index contributed by atoms with van der Waals surface area (Å²) >= 11 is 0. The number of rotatable bonds is 6. The van der Waals surface area contributed by atoms with Crippen molar-refractivity contribution in [1.29, 1.82) is 0 Å². The van der Waals surface area contributed by atoms with E-state index in [9.17, 15) is 18.0 Å². The number of halogens is 4. The summed E-state index contributed by atoms with van der Waals surface area (Å²) < 4.78 is 40.3. The highest BCUT2D eigenvalue weighted by Gasteiger charge is 2.27. The Hall–Kier alpha value is -0.780. The number of aliphatic imine (C=N–C) groups is 1. The highest BCUT2D eigenvalue weighted by Crippen LogP contribution is 2.14. The third-order valence-electron chi connectivity index (χ3n) is 3.33. The molecular weight excluding hydrogens is 440 g/mol. The zero-order valence-electron chi connectivity index (χ0n) is 14.1. The number of carbonyl (C=O) groups excluding carboxylic acids is 1. The molecule has 1 fully saturated rings. The van der Waals surface area contributed by atoms with Crippen LogP contribution in [0.5, 0.6) is 0 Å². The van der Waals surface area contributed by atoms with Gasteiger partial charge in [0.2, 0.25) is 5.91 Å². The van der Waals surface area contributed by atoms with Crippen molar-refractivity contribution in [1.82, 2.24) is 15.1 Å². The van der Waals surface area contributed by atoms with Crippen LogP contribution in [0.4, 0.5) is 13.2 Å². The number of alkyl halides is 3. The van der Waals surface area contributed by atoms with Gasteiger partial charge in [-0.05, 0) is 13.3 Å². The van der Waals surface area contributed by atoms with Gasteiger partial charge in [0, 0.05) is 52.8 Å². The molecule has 6 nitrogen and oxygen atoms in total. The van der Waals surface area contributed by atoms with Crippen molar-refractivity contribution in [3.05, 3.63) is 0 Å². The highest BCUT2D eigenvalue weighted by atomic mass is 127. The Morgan fingerprint density at radius 2 is 1.79 bits per heavy atom. The van der Waals surface area contributed by atoms with Gasteiger partial charge in [0.25, 0.3) is 0 Å². The Kier molecular flexibility index (Phi) is 11.3. The Morgan fingerprint density at radius 3 is 2.29 bits per heavy atom. The molecule has 142 valence electrons. The number of carbonyl (C=O) groups is 1. The van der Waals surface area contributed by atoms with Gasteiger partial charge in [0.05, 0.1) is 0 Å². The van der Waals surface area contributed by atoms with Gasteiger partial charge < -0.3 is 19.9 Å². The second-order valence-electron chi connectivity index (χ2n) is 5.25. The average Bonchev–Trinajstić information content (AvgIpc) is 2.48. The predicted molar refractivity (Wildman–Crippen MR) is 96.7 cm³/mol. The lowest BCUT2D eigenvalue weighted by atomic mass is 10.3. The van der Waals surface area contributed by atoms with Crippen molar-refractivity contribution < 1.29 is 22.7 Å². The summed E-state index contributed by atoms with van der Waals surface area (Å²) in [5, 5.41) is 3.16. The first kappa shape index (κ1) is 23.2. The van der Waals surface area contributed by atoms with Crippen LogP contribution in [-0.4, -0.2) is 80.3 Å². The lowest BCUT2D eigenvalue weighted by Crippen LogP contribution is -2.53. The molecule has 10 heteroatoms. The van der Waals surface area contributed by atoms with Crippen LogP contribution in [0.15, 0.2) is 4.99 Å². The lowest BCUT2D eigenvalue weighted by molar-refractivity contribution is -0.173. The minimum atomic E-state index is -4.28. The zero-order valence-corrected chi connectivity index (χ0v) is 16.4. The van der Waals surface area contributed by atoms with E-state index in [-0.39, 0.29) is 36.5 Å². The molecule has 0 aromatic heterocycles. The molecule has 0 aromatic rings. The number of hydrogen-bond acceptors (Lipinski definition) is 3. The Labute approximate surface area is 157 Å². The van der Waals surface area contributed by atoms with Gasteiger partial charge in [-0.1, -0.05) is 0 Å². The predicted octanol–water partition coefficient (Wildman–Crippen LogP) is 1.70. The van der Waals surface area contributed by atoms with E-state index < -0.39 is 12.8 Å². The fraction of sp³-hybridized carbons (Fsp3) is 0.857. The molecule has 0 atom stereocenters. The maximum absolute atomic E-state index is 11.9. The normalized spacial score (nSPS) is 16.0. The van der Waals surface area contributed by atoms with Crippen LogP contribution in [0.25, 0.3) is 0 Å². The maximum atomic E-state index is 11.9. The first-order valence-electron chi connectivity index (χ1n) is 7.76. The molecule has 1 rings (SSSR count). The third kappa shape index (κ3) is 9.50. The van der Waals surface area contributed by atoms with Crippen molar-refractivity contribution in [3.63, 3.8) is 0 Å². The molecule has 1 aliphatic heterocycles. The molecule has 24 heavy (non-hydrogen) atoms. The van der Waals surface area contributed by atoms with E-state index in [1.807, 2.05) is 6.92 Å². The Bertz CT molecular complexity index is 400. The number of hydrogen-bond donors (Lipinski definition) is 1. The minimum absolute atomic E-state index is 0. The average molecular weight is 466 g/mol. The summed E-state index contributed by atoms with van der Waals surface area (Å²) in [6, 6.07) is 0. The Balaban J connectivity index is 0.00000529. The van der Waals surface area contributed by atoms with Gasteiger partial charge in [0.15, 0.2) is 5.96 Å². The van der Waals surface area contributed by atoms with Crippen molar-refractivity contribution in [3.8, 4) is 0 Å². The molecule has 0 bridgehead atoms. The minimum Gasteiger partial charge on any atom is -0.372 e. The second kappa shape index (κ2) is 11.7. The Morgan fingerprint density at radius 1 is 1.21 bits per heavy atom. The van der Waals surface area contributed by atoms with E-state index in [4.69, 9.17) is 0 Å². The molecule has 0 unspecified atom stereocenters. The quantitative estimate of drug-likeness (QED) is 0.280. The van der Waals surface area contributed by atoms with Gasteiger partial charge >= 0.3 is 6.18 Å². The fourth-order valence-corrected chi connectivity index (χ4v) is 2.20. The molecule has 1 heterocycles. The van der Waals surface area contributed by atoms with Crippen LogP contribution < -0.4 is 5.32 Å². The molecule has 0 spiro atoms. The number of amides is 1. The van der Waals surface area contributed by atoms with Crippen LogP contribution in [-0.2, 0) is 9.53 Å². The summed E-state index contributed by atoms with van der Waals surface area (Å²) in [6.45, 7) is 6.09. The SMILES string of the molecule is CCNC(=NCCCOCC(F)(F)F)N1CCN(C(C)=O)CC1.I. The molecule has 1 amide bonds. The molecule has 0 aromatic carbocycles. The maximum Gasteiger partial charge on any atom is 0.411 e. The summed E-state index contributed by atoms with van der Waals surface area (Å²) in [6.07, 6.45) is -3.85. The van der Waals surface area contributed by atoms with Crippen molar-refractivity contribution in [2.45, 2.75) is 26.4 Å². The third-order valence-corrected chi connectivity index (χ3v) is 3.33. The summed E-state index contributed by atoms with van der Waals surface area (Å²) in [5.74, 6) is 0.792. The number of nitrogens with zero attached hydrogens (tertiary/aromatic N) is 3. The van der Waals surface area contributed by atoms with E-state index in [0.29, 0.717) is 45.7 Å². The number of nitrogens with one attached hydrogen (secondary N) is 1. The number of ether oxygens (including phenoxy) is 1. The number of piperazine rings is 1. The van der Waals surface area contributed by atoms with E-state index in [0.717, 1.165) is 5.96 Å². The van der Waals surface area contributed by atoms with Crippen molar-refractivity contribution in [2.24, 2.45) is 4.99 Å². The van der Waals surface area contributed by atoms with Crippen LogP contribution >= 0.6 is 24.0 Å². The number of guanidine groups is 1. The summed E-state index contributed by atoms with van der Waals surface area (Å²) in [7, 11) is 0. The first-order valence-corrected chi connectivity index (χ1v) is 7.76. The summed E-state index contributed by atoms with van der Waals surface area (Å²) in [5.41, 5.74) is 0. The second-order valence-corrected chi connectivity index (χ2v) is 5.25. The zero-order chi connectivity index (χ0) is 17.3. The van der Waals surface area contributed by atoms with Crippen LogP contribution in [0.1, 0.15) is 20.3 Å². The van der Waals surface area contributed by atoms with E-state index in [2.05, 4.69) is 19.9 Å². The molecule has 0 radical (unpaired) electrons. The van der Waals surface area contributed by atoms with Gasteiger partial charge in [0.1, 0.15) is 6.61 Å². The van der Waals surface area contributed by atoms with E-state index in [1.54, 1.807) is 11.8 Å². The van der Waals surface area contributed by atoms with Crippen molar-refractivity contribution in [2.75, 3.05) is 52.5 Å². The van der Waals surface area contributed by atoms with Gasteiger partial charge in [-0.2, -0.15) is 13.2 Å². The van der Waals surface area contributed by atoms with Gasteiger partial charge in [-0.25, -0.2) is 0 Å². The first-order chi connectivity index (χ1) is 10.8. The molecule has 0 aliphatic carbocycles. The smallest absolute Gasteiger partial charge is 0.372 e. The summed E-state index contributed by atoms with van der Waals surface area (Å²) in [4.78, 5) is 19.6. The van der Waals surface area contributed by atoms with Crippen LogP contribution in [0.3, 0.4) is 0 Å². The molecule has 1 saturated heterocycles. The van der Waals surface area contributed by atoms with Crippen LogP contribution in [0.2, 0.25) is 0 Å². The van der Waals surface area contributed by atoms with E-state index in [1.165, 1.54) is 0 Å². The van der Waals surface area contributed by atoms with Gasteiger partial charge in [-0.15, -0.1) is 24.0 Å². The topological polar surface area (TPSA) is 57.2 Å². The molecule has 0 saturated carbocycles. The van der Waals surface area contributed by atoms with Crippen LogP contribution in [0, 0.1) is 0 Å². The monoisotopic (exact) mass is 466 g/mol.